The van der Waals surface area contributed by atoms with E-state index in [9.17, 15) is 10.1 Å². The van der Waals surface area contributed by atoms with Gasteiger partial charge in [-0.2, -0.15) is 0 Å². The van der Waals surface area contributed by atoms with Gasteiger partial charge in [-0.1, -0.05) is 15.9 Å². The Morgan fingerprint density at radius 1 is 1.25 bits per heavy atom. The Morgan fingerprint density at radius 2 is 2.00 bits per heavy atom. The van der Waals surface area contributed by atoms with Crippen LogP contribution in [0.3, 0.4) is 0 Å². The zero-order valence-corrected chi connectivity index (χ0v) is 12.3. The number of benzene rings is 1. The third-order valence-corrected chi connectivity index (χ3v) is 3.39. The molecule has 0 amide bonds. The number of nitrogens with one attached hydrogen (secondary N) is 1. The quantitative estimate of drug-likeness (QED) is 0.500. The van der Waals surface area contributed by atoms with Gasteiger partial charge in [0.2, 0.25) is 0 Å². The third kappa shape index (κ3) is 4.11. The van der Waals surface area contributed by atoms with Gasteiger partial charge < -0.3 is 5.32 Å². The summed E-state index contributed by atoms with van der Waals surface area (Å²) in [5, 5.41) is 14.2. The van der Waals surface area contributed by atoms with Crippen LogP contribution in [0.1, 0.15) is 11.1 Å². The Balaban J connectivity index is 1.91. The molecule has 0 aliphatic rings. The average molecular weight is 336 g/mol. The molecule has 20 heavy (non-hydrogen) atoms. The minimum absolute atomic E-state index is 0.143. The van der Waals surface area contributed by atoms with E-state index in [0.717, 1.165) is 17.4 Å². The molecule has 0 bridgehead atoms. The number of hydrogen-bond donors (Lipinski definition) is 1. The van der Waals surface area contributed by atoms with Crippen LogP contribution in [0.2, 0.25) is 0 Å². The molecule has 0 atom stereocenters. The van der Waals surface area contributed by atoms with Gasteiger partial charge in [0.25, 0.3) is 5.69 Å². The second-order valence-electron chi connectivity index (χ2n) is 4.31. The van der Waals surface area contributed by atoms with Crippen LogP contribution < -0.4 is 5.32 Å². The number of nitro groups is 1. The van der Waals surface area contributed by atoms with Gasteiger partial charge in [0.1, 0.15) is 0 Å². The second-order valence-corrected chi connectivity index (χ2v) is 5.23. The van der Waals surface area contributed by atoms with Crippen molar-refractivity contribution in [2.75, 3.05) is 6.54 Å². The molecule has 1 heterocycles. The molecule has 0 aliphatic carbocycles. The van der Waals surface area contributed by atoms with Crippen LogP contribution in [-0.2, 0) is 13.0 Å². The highest BCUT2D eigenvalue weighted by Crippen LogP contribution is 2.22. The van der Waals surface area contributed by atoms with E-state index >= 15 is 0 Å². The number of aromatic nitrogens is 1. The second kappa shape index (κ2) is 7.12. The van der Waals surface area contributed by atoms with E-state index in [2.05, 4.69) is 26.2 Å². The minimum Gasteiger partial charge on any atom is -0.312 e. The van der Waals surface area contributed by atoms with E-state index in [1.54, 1.807) is 24.5 Å². The Labute approximate surface area is 125 Å². The van der Waals surface area contributed by atoms with Crippen LogP contribution in [0.25, 0.3) is 0 Å². The SMILES string of the molecule is O=[N+]([O-])c1ccc(Br)cc1CNCCc1ccncc1. The summed E-state index contributed by atoms with van der Waals surface area (Å²) in [5.74, 6) is 0. The molecule has 0 saturated carbocycles. The fourth-order valence-electron chi connectivity index (χ4n) is 1.88. The molecule has 2 aromatic rings. The molecule has 0 radical (unpaired) electrons. The molecule has 6 heteroatoms. The highest BCUT2D eigenvalue weighted by atomic mass is 79.9. The molecule has 1 N–H and O–H groups in total. The van der Waals surface area contributed by atoms with Crippen molar-refractivity contribution < 1.29 is 4.92 Å². The molecule has 1 aromatic heterocycles. The van der Waals surface area contributed by atoms with Crippen molar-refractivity contribution >= 4 is 21.6 Å². The molecule has 5 nitrogen and oxygen atoms in total. The Bertz CT molecular complexity index is 590. The van der Waals surface area contributed by atoms with Crippen molar-refractivity contribution in [3.63, 3.8) is 0 Å². The van der Waals surface area contributed by atoms with Crippen molar-refractivity contribution in [3.8, 4) is 0 Å². The maximum atomic E-state index is 10.9. The lowest BCUT2D eigenvalue weighted by Crippen LogP contribution is -2.17. The lowest BCUT2D eigenvalue weighted by Gasteiger charge is -2.06. The zero-order valence-electron chi connectivity index (χ0n) is 10.8. The summed E-state index contributed by atoms with van der Waals surface area (Å²) in [4.78, 5) is 14.5. The molecular formula is C14H14BrN3O2. The predicted octanol–water partition coefficient (Wildman–Crippen LogP) is 3.08. The van der Waals surface area contributed by atoms with Crippen molar-refractivity contribution in [1.29, 1.82) is 0 Å². The summed E-state index contributed by atoms with van der Waals surface area (Å²) < 4.78 is 0.842. The van der Waals surface area contributed by atoms with E-state index in [4.69, 9.17) is 0 Å². The first kappa shape index (κ1) is 14.6. The van der Waals surface area contributed by atoms with E-state index < -0.39 is 0 Å². The summed E-state index contributed by atoms with van der Waals surface area (Å²) in [6, 6.07) is 8.90. The van der Waals surface area contributed by atoms with Crippen LogP contribution in [0.15, 0.2) is 47.2 Å². The standard InChI is InChI=1S/C14H14BrN3O2/c15-13-1-2-14(18(19)20)12(9-13)10-17-8-5-11-3-6-16-7-4-11/h1-4,6-7,9,17H,5,8,10H2. The first-order valence-electron chi connectivity index (χ1n) is 6.19. The predicted molar refractivity (Wildman–Crippen MR) is 80.4 cm³/mol. The summed E-state index contributed by atoms with van der Waals surface area (Å²) in [6.45, 7) is 1.23. The average Bonchev–Trinajstić information content (AvgIpc) is 2.44. The molecule has 0 fully saturated rings. The first-order valence-corrected chi connectivity index (χ1v) is 6.98. The van der Waals surface area contributed by atoms with Gasteiger partial charge in [-0.3, -0.25) is 15.1 Å². The normalized spacial score (nSPS) is 10.4. The van der Waals surface area contributed by atoms with Crippen LogP contribution in [0.4, 0.5) is 5.69 Å². The summed E-state index contributed by atoms with van der Waals surface area (Å²) in [7, 11) is 0. The molecule has 2 rings (SSSR count). The van der Waals surface area contributed by atoms with E-state index in [1.165, 1.54) is 11.6 Å². The van der Waals surface area contributed by atoms with Crippen LogP contribution in [0, 0.1) is 10.1 Å². The number of rotatable bonds is 6. The number of nitrogens with zero attached hydrogens (tertiary/aromatic N) is 2. The van der Waals surface area contributed by atoms with Gasteiger partial charge >= 0.3 is 0 Å². The van der Waals surface area contributed by atoms with Crippen molar-refractivity contribution in [3.05, 3.63) is 68.4 Å². The number of nitro benzene ring substituents is 1. The van der Waals surface area contributed by atoms with Gasteiger partial charge in [-0.15, -0.1) is 0 Å². The summed E-state index contributed by atoms with van der Waals surface area (Å²) in [6.07, 6.45) is 4.38. The topological polar surface area (TPSA) is 68.1 Å². The van der Waals surface area contributed by atoms with Gasteiger partial charge in [0, 0.05) is 35.0 Å². The lowest BCUT2D eigenvalue weighted by atomic mass is 10.1. The Kier molecular flexibility index (Phi) is 5.20. The minimum atomic E-state index is -0.355. The highest BCUT2D eigenvalue weighted by Gasteiger charge is 2.12. The maximum Gasteiger partial charge on any atom is 0.273 e. The van der Waals surface area contributed by atoms with Gasteiger partial charge in [-0.05, 0) is 42.8 Å². The van der Waals surface area contributed by atoms with Crippen molar-refractivity contribution in [2.24, 2.45) is 0 Å². The van der Waals surface area contributed by atoms with E-state index in [-0.39, 0.29) is 10.6 Å². The fourth-order valence-corrected chi connectivity index (χ4v) is 2.29. The van der Waals surface area contributed by atoms with Gasteiger partial charge in [0.05, 0.1) is 4.92 Å². The molecule has 0 aliphatic heterocycles. The molecule has 0 unspecified atom stereocenters. The van der Waals surface area contributed by atoms with Crippen LogP contribution in [0.5, 0.6) is 0 Å². The van der Waals surface area contributed by atoms with E-state index in [0.29, 0.717) is 12.1 Å². The molecule has 1 aromatic carbocycles. The largest absolute Gasteiger partial charge is 0.312 e. The number of halogens is 1. The molecule has 104 valence electrons. The smallest absolute Gasteiger partial charge is 0.273 e. The monoisotopic (exact) mass is 335 g/mol. The molecule has 0 spiro atoms. The maximum absolute atomic E-state index is 10.9. The van der Waals surface area contributed by atoms with Crippen molar-refractivity contribution in [1.82, 2.24) is 10.3 Å². The van der Waals surface area contributed by atoms with Crippen LogP contribution in [-0.4, -0.2) is 16.5 Å². The number of pyridine rings is 1. The molecule has 0 saturated heterocycles. The number of hydrogen-bond acceptors (Lipinski definition) is 4. The van der Waals surface area contributed by atoms with E-state index in [1.807, 2.05) is 12.1 Å². The Hall–Kier alpha value is -1.79. The highest BCUT2D eigenvalue weighted by molar-refractivity contribution is 9.10. The van der Waals surface area contributed by atoms with Crippen LogP contribution >= 0.6 is 15.9 Å². The fraction of sp³-hybridized carbons (Fsp3) is 0.214. The molecular weight excluding hydrogens is 322 g/mol. The third-order valence-electron chi connectivity index (χ3n) is 2.89. The Morgan fingerprint density at radius 3 is 2.70 bits per heavy atom. The first-order chi connectivity index (χ1) is 9.66. The van der Waals surface area contributed by atoms with Crippen molar-refractivity contribution in [2.45, 2.75) is 13.0 Å². The summed E-state index contributed by atoms with van der Waals surface area (Å²) >= 11 is 3.33. The van der Waals surface area contributed by atoms with Gasteiger partial charge in [0.15, 0.2) is 0 Å². The summed E-state index contributed by atoms with van der Waals surface area (Å²) in [5.41, 5.74) is 2.01. The lowest BCUT2D eigenvalue weighted by molar-refractivity contribution is -0.385. The zero-order chi connectivity index (χ0) is 14.4. The van der Waals surface area contributed by atoms with Gasteiger partial charge in [-0.25, -0.2) is 0 Å².